The standard InChI is InChI=1S/C14H22ClNO2.ClH/c1-6-18-13-11(15)7-10(8-12(13)17-5)9-16-14(2,3)4;/h7-8,16H,6,9H2,1-5H3;1H. The minimum atomic E-state index is 0. The lowest BCUT2D eigenvalue weighted by molar-refractivity contribution is 0.310. The van der Waals surface area contributed by atoms with E-state index >= 15 is 0 Å². The van der Waals surface area contributed by atoms with Crippen LogP contribution in [0.2, 0.25) is 5.02 Å². The summed E-state index contributed by atoms with van der Waals surface area (Å²) in [6, 6.07) is 3.86. The number of hydrogen-bond acceptors (Lipinski definition) is 3. The highest BCUT2D eigenvalue weighted by molar-refractivity contribution is 6.32. The van der Waals surface area contributed by atoms with Crippen LogP contribution in [0.5, 0.6) is 11.5 Å². The number of hydrogen-bond donors (Lipinski definition) is 1. The van der Waals surface area contributed by atoms with Crippen molar-refractivity contribution in [2.75, 3.05) is 13.7 Å². The molecule has 1 aromatic carbocycles. The third-order valence-electron chi connectivity index (χ3n) is 2.40. The molecule has 0 spiro atoms. The van der Waals surface area contributed by atoms with Gasteiger partial charge < -0.3 is 14.8 Å². The Bertz CT molecular complexity index is 403. The van der Waals surface area contributed by atoms with Crippen molar-refractivity contribution in [1.82, 2.24) is 5.32 Å². The molecule has 0 amide bonds. The van der Waals surface area contributed by atoms with Crippen molar-refractivity contribution >= 4 is 24.0 Å². The molecule has 1 aromatic rings. The van der Waals surface area contributed by atoms with Crippen molar-refractivity contribution in [3.8, 4) is 11.5 Å². The van der Waals surface area contributed by atoms with Gasteiger partial charge in [-0.3, -0.25) is 0 Å². The van der Waals surface area contributed by atoms with Gasteiger partial charge in [-0.1, -0.05) is 11.6 Å². The molecule has 110 valence electrons. The maximum atomic E-state index is 6.21. The van der Waals surface area contributed by atoms with Crippen molar-refractivity contribution in [2.24, 2.45) is 0 Å². The first kappa shape index (κ1) is 18.4. The topological polar surface area (TPSA) is 30.5 Å². The van der Waals surface area contributed by atoms with Gasteiger partial charge in [0.05, 0.1) is 18.7 Å². The molecule has 0 atom stereocenters. The summed E-state index contributed by atoms with van der Waals surface area (Å²) >= 11 is 6.21. The zero-order valence-electron chi connectivity index (χ0n) is 12.2. The van der Waals surface area contributed by atoms with E-state index in [2.05, 4.69) is 26.1 Å². The molecule has 0 bridgehead atoms. The Balaban J connectivity index is 0.00000324. The summed E-state index contributed by atoms with van der Waals surface area (Å²) in [7, 11) is 1.62. The van der Waals surface area contributed by atoms with E-state index in [1.165, 1.54) is 0 Å². The highest BCUT2D eigenvalue weighted by atomic mass is 35.5. The van der Waals surface area contributed by atoms with Gasteiger partial charge in [0.15, 0.2) is 11.5 Å². The lowest BCUT2D eigenvalue weighted by Crippen LogP contribution is -2.35. The van der Waals surface area contributed by atoms with E-state index < -0.39 is 0 Å². The molecule has 0 unspecified atom stereocenters. The Morgan fingerprint density at radius 3 is 2.37 bits per heavy atom. The Labute approximate surface area is 127 Å². The quantitative estimate of drug-likeness (QED) is 0.890. The molecule has 19 heavy (non-hydrogen) atoms. The van der Waals surface area contributed by atoms with Crippen molar-refractivity contribution in [3.63, 3.8) is 0 Å². The van der Waals surface area contributed by atoms with Gasteiger partial charge in [0.25, 0.3) is 0 Å². The van der Waals surface area contributed by atoms with Crippen LogP contribution < -0.4 is 14.8 Å². The number of ether oxygens (including phenoxy) is 2. The van der Waals surface area contributed by atoms with Crippen LogP contribution in [0.1, 0.15) is 33.3 Å². The number of benzene rings is 1. The van der Waals surface area contributed by atoms with E-state index in [-0.39, 0.29) is 17.9 Å². The number of rotatable bonds is 5. The Kier molecular flexibility index (Phi) is 7.57. The normalized spacial score (nSPS) is 10.8. The van der Waals surface area contributed by atoms with Gasteiger partial charge >= 0.3 is 0 Å². The fourth-order valence-electron chi connectivity index (χ4n) is 1.53. The summed E-state index contributed by atoms with van der Waals surface area (Å²) in [5, 5.41) is 4.00. The van der Waals surface area contributed by atoms with E-state index in [0.717, 1.165) is 12.1 Å². The largest absolute Gasteiger partial charge is 0.493 e. The van der Waals surface area contributed by atoms with Crippen molar-refractivity contribution in [2.45, 2.75) is 39.8 Å². The van der Waals surface area contributed by atoms with Gasteiger partial charge in [0.1, 0.15) is 0 Å². The molecule has 0 saturated carbocycles. The summed E-state index contributed by atoms with van der Waals surface area (Å²) in [5.41, 5.74) is 1.15. The Morgan fingerprint density at radius 2 is 1.89 bits per heavy atom. The molecular weight excluding hydrogens is 285 g/mol. The van der Waals surface area contributed by atoms with E-state index in [1.54, 1.807) is 7.11 Å². The molecule has 0 fully saturated rings. The van der Waals surface area contributed by atoms with Crippen LogP contribution in [-0.2, 0) is 6.54 Å². The molecule has 1 N–H and O–H groups in total. The second-order valence-corrected chi connectivity index (χ2v) is 5.55. The van der Waals surface area contributed by atoms with Gasteiger partial charge in [-0.15, -0.1) is 12.4 Å². The second kappa shape index (κ2) is 7.83. The van der Waals surface area contributed by atoms with E-state index in [1.807, 2.05) is 19.1 Å². The smallest absolute Gasteiger partial charge is 0.179 e. The van der Waals surface area contributed by atoms with E-state index in [0.29, 0.717) is 23.1 Å². The summed E-state index contributed by atoms with van der Waals surface area (Å²) in [6.45, 7) is 9.60. The van der Waals surface area contributed by atoms with E-state index in [4.69, 9.17) is 21.1 Å². The van der Waals surface area contributed by atoms with Gasteiger partial charge in [-0.25, -0.2) is 0 Å². The zero-order valence-corrected chi connectivity index (χ0v) is 13.7. The third kappa shape index (κ3) is 5.89. The molecule has 0 aliphatic rings. The van der Waals surface area contributed by atoms with Crippen LogP contribution in [0.4, 0.5) is 0 Å². The van der Waals surface area contributed by atoms with Crippen molar-refractivity contribution in [3.05, 3.63) is 22.7 Å². The average Bonchev–Trinajstić information content (AvgIpc) is 2.28. The lowest BCUT2D eigenvalue weighted by atomic mass is 10.1. The fraction of sp³-hybridized carbons (Fsp3) is 0.571. The zero-order chi connectivity index (χ0) is 13.8. The summed E-state index contributed by atoms with van der Waals surface area (Å²) in [6.07, 6.45) is 0. The molecular formula is C14H23Cl2NO2. The number of halogens is 2. The molecule has 5 heteroatoms. The summed E-state index contributed by atoms with van der Waals surface area (Å²) in [4.78, 5) is 0. The maximum absolute atomic E-state index is 6.21. The minimum Gasteiger partial charge on any atom is -0.493 e. The third-order valence-corrected chi connectivity index (χ3v) is 2.68. The Morgan fingerprint density at radius 1 is 1.26 bits per heavy atom. The van der Waals surface area contributed by atoms with Crippen LogP contribution in [-0.4, -0.2) is 19.3 Å². The fourth-order valence-corrected chi connectivity index (χ4v) is 1.81. The van der Waals surface area contributed by atoms with Gasteiger partial charge in [0, 0.05) is 12.1 Å². The number of nitrogens with one attached hydrogen (secondary N) is 1. The van der Waals surface area contributed by atoms with Gasteiger partial charge in [-0.05, 0) is 45.4 Å². The highest BCUT2D eigenvalue weighted by Gasteiger charge is 2.13. The summed E-state index contributed by atoms with van der Waals surface area (Å²) in [5.74, 6) is 1.29. The second-order valence-electron chi connectivity index (χ2n) is 5.15. The van der Waals surface area contributed by atoms with Crippen molar-refractivity contribution in [1.29, 1.82) is 0 Å². The molecule has 0 saturated heterocycles. The Hall–Kier alpha value is -0.640. The first-order valence-electron chi connectivity index (χ1n) is 6.11. The molecule has 0 radical (unpaired) electrons. The highest BCUT2D eigenvalue weighted by Crippen LogP contribution is 2.36. The van der Waals surface area contributed by atoms with Crippen molar-refractivity contribution < 1.29 is 9.47 Å². The molecule has 3 nitrogen and oxygen atoms in total. The average molecular weight is 308 g/mol. The summed E-state index contributed by atoms with van der Waals surface area (Å²) < 4.78 is 10.8. The predicted molar refractivity (Wildman–Crippen MR) is 83.0 cm³/mol. The maximum Gasteiger partial charge on any atom is 0.179 e. The number of methoxy groups -OCH3 is 1. The van der Waals surface area contributed by atoms with Gasteiger partial charge in [0.2, 0.25) is 0 Å². The predicted octanol–water partition coefficient (Wildman–Crippen LogP) is 4.06. The molecule has 0 heterocycles. The van der Waals surface area contributed by atoms with E-state index in [9.17, 15) is 0 Å². The SMILES string of the molecule is CCOc1c(Cl)cc(CNC(C)(C)C)cc1OC.Cl. The molecule has 0 aromatic heterocycles. The first-order chi connectivity index (χ1) is 8.37. The molecule has 0 aliphatic heterocycles. The van der Waals surface area contributed by atoms with Crippen LogP contribution >= 0.6 is 24.0 Å². The molecule has 1 rings (SSSR count). The molecule has 0 aliphatic carbocycles. The minimum absolute atomic E-state index is 0. The van der Waals surface area contributed by atoms with Crippen LogP contribution in [0.25, 0.3) is 0 Å². The lowest BCUT2D eigenvalue weighted by Gasteiger charge is -2.21. The van der Waals surface area contributed by atoms with Crippen LogP contribution in [0.15, 0.2) is 12.1 Å². The van der Waals surface area contributed by atoms with Gasteiger partial charge in [-0.2, -0.15) is 0 Å². The van der Waals surface area contributed by atoms with Crippen LogP contribution in [0.3, 0.4) is 0 Å². The van der Waals surface area contributed by atoms with Crippen LogP contribution in [0, 0.1) is 0 Å². The first-order valence-corrected chi connectivity index (χ1v) is 6.49. The monoisotopic (exact) mass is 307 g/mol.